The molecule has 1 rings (SSSR count). The van der Waals surface area contributed by atoms with Crippen LogP contribution < -0.4 is 5.32 Å². The predicted octanol–water partition coefficient (Wildman–Crippen LogP) is 7.78. The van der Waals surface area contributed by atoms with Crippen LogP contribution in [0.15, 0.2) is 5.38 Å². The van der Waals surface area contributed by atoms with Crippen molar-refractivity contribution in [1.29, 1.82) is 0 Å². The lowest BCUT2D eigenvalue weighted by molar-refractivity contribution is -0.142. The van der Waals surface area contributed by atoms with Crippen molar-refractivity contribution in [1.82, 2.24) is 10.3 Å². The highest BCUT2D eigenvalue weighted by Gasteiger charge is 2.22. The smallest absolute Gasteiger partial charge is 0.329 e. The molecule has 0 aliphatic carbocycles. The molecule has 36 heavy (non-hydrogen) atoms. The molecule has 0 fully saturated rings. The molecule has 0 aliphatic rings. The van der Waals surface area contributed by atoms with Gasteiger partial charge in [-0.05, 0) is 42.3 Å². The molecule has 1 aromatic rings. The Balaban J connectivity index is 0. The van der Waals surface area contributed by atoms with Crippen LogP contribution in [-0.4, -0.2) is 59.3 Å². The van der Waals surface area contributed by atoms with Crippen LogP contribution in [0.1, 0.15) is 109 Å². The van der Waals surface area contributed by atoms with Crippen LogP contribution in [0.25, 0.3) is 0 Å². The highest BCUT2D eigenvalue weighted by Crippen LogP contribution is 2.48. The Morgan fingerprint density at radius 1 is 1.03 bits per heavy atom. The van der Waals surface area contributed by atoms with E-state index in [0.717, 1.165) is 23.8 Å². The number of esters is 1. The summed E-state index contributed by atoms with van der Waals surface area (Å²) < 4.78 is 5.08. The van der Waals surface area contributed by atoms with Crippen molar-refractivity contribution < 1.29 is 14.3 Å². The summed E-state index contributed by atoms with van der Waals surface area (Å²) in [5.74, 6) is 0.324. The number of hydrogen-bond acceptors (Lipinski definition) is 6. The molecule has 0 aromatic carbocycles. The van der Waals surface area contributed by atoms with Gasteiger partial charge in [0.15, 0.2) is 0 Å². The molecular formula is C28H56N2O3S3. The van der Waals surface area contributed by atoms with Gasteiger partial charge in [0, 0.05) is 11.1 Å². The monoisotopic (exact) mass is 564 g/mol. The van der Waals surface area contributed by atoms with Crippen LogP contribution >= 0.6 is 34.0 Å². The molecule has 0 spiro atoms. The highest BCUT2D eigenvalue weighted by atomic mass is 32.3. The average molecular weight is 565 g/mol. The van der Waals surface area contributed by atoms with Gasteiger partial charge in [-0.15, -0.1) is 11.3 Å². The van der Waals surface area contributed by atoms with Gasteiger partial charge in [-0.1, -0.05) is 87.0 Å². The minimum atomic E-state index is -0.748. The maximum Gasteiger partial charge on any atom is 0.329 e. The zero-order valence-corrected chi connectivity index (χ0v) is 27.6. The number of methoxy groups -OCH3 is 1. The number of rotatable bonds is 12. The van der Waals surface area contributed by atoms with Crippen molar-refractivity contribution in [3.8, 4) is 0 Å². The summed E-state index contributed by atoms with van der Waals surface area (Å²) in [6.07, 6.45) is 17.3. The van der Waals surface area contributed by atoms with E-state index in [2.05, 4.69) is 94.9 Å². The van der Waals surface area contributed by atoms with Crippen LogP contribution in [0.4, 0.5) is 0 Å². The zero-order chi connectivity index (χ0) is 28.4. The topological polar surface area (TPSA) is 68.3 Å². The van der Waals surface area contributed by atoms with Crippen molar-refractivity contribution in [3.63, 3.8) is 0 Å². The van der Waals surface area contributed by atoms with Crippen molar-refractivity contribution in [3.05, 3.63) is 16.1 Å². The third-order valence-corrected chi connectivity index (χ3v) is 11.1. The summed E-state index contributed by atoms with van der Waals surface area (Å²) in [5.41, 5.74) is 0.333. The number of carbonyl (C=O) groups excluding carboxylic acids is 2. The van der Waals surface area contributed by atoms with Crippen LogP contribution in [0.2, 0.25) is 0 Å². The fourth-order valence-electron chi connectivity index (χ4n) is 2.96. The SMILES string of the molecule is CC(C)(C)S(C)(C)C.CCCC(CCC)CCC.CCCc1nc(C(=O)NC(CS)C(=O)OC)cs1. The molecule has 1 unspecified atom stereocenters. The van der Waals surface area contributed by atoms with Crippen LogP contribution in [0.3, 0.4) is 0 Å². The van der Waals surface area contributed by atoms with Gasteiger partial charge in [0.05, 0.1) is 12.1 Å². The van der Waals surface area contributed by atoms with Gasteiger partial charge < -0.3 is 10.1 Å². The molecule has 5 nitrogen and oxygen atoms in total. The summed E-state index contributed by atoms with van der Waals surface area (Å²) >= 11 is 5.45. The van der Waals surface area contributed by atoms with Crippen LogP contribution in [-0.2, 0) is 16.0 Å². The molecule has 0 saturated heterocycles. The number of thiol groups is 1. The molecule has 0 saturated carbocycles. The lowest BCUT2D eigenvalue weighted by atomic mass is 9.94. The third kappa shape index (κ3) is 16.9. The number of thiazole rings is 1. The fourth-order valence-corrected chi connectivity index (χ4v) is 4.08. The van der Waals surface area contributed by atoms with E-state index in [-0.39, 0.29) is 21.7 Å². The number of aromatic nitrogens is 1. The number of nitrogens with one attached hydrogen (secondary N) is 1. The number of amides is 1. The van der Waals surface area contributed by atoms with Gasteiger partial charge in [0.1, 0.15) is 11.7 Å². The molecule has 1 heterocycles. The molecule has 214 valence electrons. The van der Waals surface area contributed by atoms with Crippen molar-refractivity contribution in [2.24, 2.45) is 5.92 Å². The molecular weight excluding hydrogens is 509 g/mol. The summed E-state index contributed by atoms with van der Waals surface area (Å²) in [7, 11) is 0.931. The van der Waals surface area contributed by atoms with E-state index >= 15 is 0 Å². The fraction of sp³-hybridized carbons (Fsp3) is 0.821. The van der Waals surface area contributed by atoms with Crippen LogP contribution in [0.5, 0.6) is 0 Å². The Morgan fingerprint density at radius 2 is 1.50 bits per heavy atom. The Morgan fingerprint density at radius 3 is 1.83 bits per heavy atom. The lowest BCUT2D eigenvalue weighted by Gasteiger charge is -2.40. The number of ether oxygens (including phenoxy) is 1. The Kier molecular flexibility index (Phi) is 21.1. The number of carbonyl (C=O) groups is 2. The van der Waals surface area contributed by atoms with E-state index in [9.17, 15) is 9.59 Å². The molecule has 1 atom stereocenters. The quantitative estimate of drug-likeness (QED) is 0.201. The summed E-state index contributed by atoms with van der Waals surface area (Å²) in [5, 5.41) is 5.15. The maximum absolute atomic E-state index is 11.8. The number of hydrogen-bond donors (Lipinski definition) is 2. The van der Waals surface area contributed by atoms with Crippen molar-refractivity contribution >= 4 is 45.9 Å². The number of nitrogens with zero attached hydrogens (tertiary/aromatic N) is 1. The first-order valence-corrected chi connectivity index (χ1v) is 17.7. The van der Waals surface area contributed by atoms with E-state index in [1.807, 2.05) is 0 Å². The molecule has 0 radical (unpaired) electrons. The van der Waals surface area contributed by atoms with Gasteiger partial charge in [0.2, 0.25) is 0 Å². The molecule has 1 amide bonds. The van der Waals surface area contributed by atoms with E-state index in [0.29, 0.717) is 10.4 Å². The minimum absolute atomic E-state index is 0.185. The standard InChI is InChI=1S/C11H16N2O3S2.C10H22.C7H18S/c1-3-4-9-12-8(6-18-9)10(14)13-7(5-17)11(15)16-2;1-4-7-10(8-5-2)9-6-3;1-7(2,3)8(4,5)6/h6-7,17H,3-5H2,1-2H3,(H,13,14);10H,4-9H2,1-3H3;1-6H3. The Labute approximate surface area is 234 Å². The van der Waals surface area contributed by atoms with Crippen molar-refractivity contribution in [2.45, 2.75) is 111 Å². The summed E-state index contributed by atoms with van der Waals surface area (Å²) in [6.45, 7) is 15.8. The van der Waals surface area contributed by atoms with Gasteiger partial charge >= 0.3 is 5.97 Å². The van der Waals surface area contributed by atoms with E-state index in [4.69, 9.17) is 0 Å². The van der Waals surface area contributed by atoms with Gasteiger partial charge in [-0.25, -0.2) is 19.8 Å². The first-order chi connectivity index (χ1) is 16.7. The predicted molar refractivity (Wildman–Crippen MR) is 167 cm³/mol. The third-order valence-electron chi connectivity index (χ3n) is 6.15. The minimum Gasteiger partial charge on any atom is -0.467 e. The highest BCUT2D eigenvalue weighted by molar-refractivity contribution is 8.33. The zero-order valence-electron chi connectivity index (χ0n) is 25.0. The Hall–Kier alpha value is -0.730. The molecule has 1 N–H and O–H groups in total. The van der Waals surface area contributed by atoms with Crippen LogP contribution in [0, 0.1) is 5.92 Å². The Bertz CT molecular complexity index is 683. The number of aryl methyl sites for hydroxylation is 1. The van der Waals surface area contributed by atoms with Gasteiger partial charge in [0.25, 0.3) is 5.91 Å². The second-order valence-electron chi connectivity index (χ2n) is 10.8. The molecule has 1 aromatic heterocycles. The molecule has 0 aliphatic heterocycles. The van der Waals surface area contributed by atoms with Gasteiger partial charge in [-0.2, -0.15) is 12.6 Å². The van der Waals surface area contributed by atoms with E-state index < -0.39 is 12.0 Å². The second kappa shape index (κ2) is 20.3. The first-order valence-electron chi connectivity index (χ1n) is 13.3. The second-order valence-corrected chi connectivity index (χ2v) is 17.0. The van der Waals surface area contributed by atoms with E-state index in [1.54, 1.807) is 5.38 Å². The lowest BCUT2D eigenvalue weighted by Crippen LogP contribution is -2.43. The summed E-state index contributed by atoms with van der Waals surface area (Å²) in [4.78, 5) is 27.4. The summed E-state index contributed by atoms with van der Waals surface area (Å²) in [6, 6.07) is -0.748. The van der Waals surface area contributed by atoms with Crippen molar-refractivity contribution in [2.75, 3.05) is 31.6 Å². The van der Waals surface area contributed by atoms with E-state index in [1.165, 1.54) is 57.0 Å². The average Bonchev–Trinajstić information content (AvgIpc) is 3.26. The maximum atomic E-state index is 11.8. The first kappa shape index (κ1) is 37.4. The molecule has 8 heteroatoms. The largest absolute Gasteiger partial charge is 0.467 e. The van der Waals surface area contributed by atoms with Gasteiger partial charge in [-0.3, -0.25) is 4.79 Å². The molecule has 0 bridgehead atoms. The normalized spacial score (nSPS) is 12.6.